The first-order valence-corrected chi connectivity index (χ1v) is 9.08. The number of benzene rings is 1. The molecular formula is C15H17N3O5S. The summed E-state index contributed by atoms with van der Waals surface area (Å²) in [6.07, 6.45) is 0.0568. The fraction of sp³-hybridized carbons (Fsp3) is 0.333. The summed E-state index contributed by atoms with van der Waals surface area (Å²) in [7, 11) is -3.63. The number of nitrogens with zero attached hydrogens (tertiary/aromatic N) is 1. The number of rotatable bonds is 4. The molecule has 1 aromatic heterocycles. The lowest BCUT2D eigenvalue weighted by molar-refractivity contribution is 0.190. The van der Waals surface area contributed by atoms with E-state index in [9.17, 15) is 18.0 Å². The van der Waals surface area contributed by atoms with E-state index in [4.69, 9.17) is 5.11 Å². The quantitative estimate of drug-likeness (QED) is 0.751. The average Bonchev–Trinajstić information content (AvgIpc) is 3.08. The molecule has 0 aliphatic heterocycles. The van der Waals surface area contributed by atoms with Crippen molar-refractivity contribution in [2.75, 3.05) is 5.75 Å². The van der Waals surface area contributed by atoms with Crippen LogP contribution in [0.3, 0.4) is 0 Å². The molecular weight excluding hydrogens is 334 g/mol. The van der Waals surface area contributed by atoms with Gasteiger partial charge in [0.25, 0.3) is 15.6 Å². The van der Waals surface area contributed by atoms with Crippen molar-refractivity contribution in [3.05, 3.63) is 45.7 Å². The fourth-order valence-corrected chi connectivity index (χ4v) is 3.92. The molecule has 1 heterocycles. The molecule has 3 rings (SSSR count). The third-order valence-electron chi connectivity index (χ3n) is 4.10. The predicted octanol–water partition coefficient (Wildman–Crippen LogP) is 0.776. The van der Waals surface area contributed by atoms with Gasteiger partial charge in [0, 0.05) is 17.7 Å². The molecule has 128 valence electrons. The zero-order chi connectivity index (χ0) is 17.5. The van der Waals surface area contributed by atoms with Crippen LogP contribution in [0.4, 0.5) is 4.79 Å². The number of amides is 1. The van der Waals surface area contributed by atoms with Crippen LogP contribution in [0.25, 0.3) is 11.3 Å². The first kappa shape index (κ1) is 16.3. The first-order valence-electron chi connectivity index (χ1n) is 7.47. The molecule has 8 nitrogen and oxygen atoms in total. The minimum atomic E-state index is -3.63. The van der Waals surface area contributed by atoms with Crippen LogP contribution in [0.15, 0.2) is 29.1 Å². The minimum Gasteiger partial charge on any atom is -0.465 e. The lowest BCUT2D eigenvalue weighted by Gasteiger charge is -2.09. The van der Waals surface area contributed by atoms with Crippen LogP contribution in [-0.4, -0.2) is 40.6 Å². The molecule has 9 heteroatoms. The van der Waals surface area contributed by atoms with Crippen molar-refractivity contribution in [3.63, 3.8) is 0 Å². The van der Waals surface area contributed by atoms with Crippen LogP contribution in [0.2, 0.25) is 0 Å². The van der Waals surface area contributed by atoms with Crippen molar-refractivity contribution in [1.82, 2.24) is 14.5 Å². The maximum absolute atomic E-state index is 12.1. The normalized spacial score (nSPS) is 16.8. The number of aromatic amines is 1. The molecule has 3 N–H and O–H groups in total. The molecule has 1 amide bonds. The highest BCUT2D eigenvalue weighted by atomic mass is 32.2. The number of aromatic nitrogens is 2. The van der Waals surface area contributed by atoms with Crippen LogP contribution >= 0.6 is 0 Å². The van der Waals surface area contributed by atoms with Crippen molar-refractivity contribution < 1.29 is 18.3 Å². The Hall–Kier alpha value is -2.55. The Bertz CT molecular complexity index is 958. The van der Waals surface area contributed by atoms with Gasteiger partial charge in [0.15, 0.2) is 0 Å². The molecule has 0 bridgehead atoms. The summed E-state index contributed by atoms with van der Waals surface area (Å²) in [6.45, 7) is 1.50. The largest absolute Gasteiger partial charge is 0.465 e. The minimum absolute atomic E-state index is 0.139. The zero-order valence-corrected chi connectivity index (χ0v) is 13.8. The molecule has 0 spiro atoms. The fourth-order valence-electron chi connectivity index (χ4n) is 2.98. The number of fused-ring (bicyclic) bond motifs is 1. The van der Waals surface area contributed by atoms with Gasteiger partial charge in [-0.15, -0.1) is 0 Å². The van der Waals surface area contributed by atoms with E-state index in [-0.39, 0.29) is 17.5 Å². The van der Waals surface area contributed by atoms with Crippen LogP contribution in [-0.2, 0) is 22.9 Å². The highest BCUT2D eigenvalue weighted by Gasteiger charge is 2.24. The van der Waals surface area contributed by atoms with Gasteiger partial charge in [0.05, 0.1) is 11.4 Å². The molecule has 0 saturated carbocycles. The molecule has 1 atom stereocenters. The molecule has 1 aliphatic carbocycles. The summed E-state index contributed by atoms with van der Waals surface area (Å²) in [5.41, 5.74) is 2.34. The Morgan fingerprint density at radius 3 is 2.71 bits per heavy atom. The topological polar surface area (TPSA) is 121 Å². The molecule has 1 aromatic carbocycles. The van der Waals surface area contributed by atoms with E-state index >= 15 is 0 Å². The Morgan fingerprint density at radius 1 is 1.33 bits per heavy atom. The average molecular weight is 351 g/mol. The molecule has 1 aliphatic rings. The van der Waals surface area contributed by atoms with Gasteiger partial charge in [-0.25, -0.2) is 18.3 Å². The summed E-state index contributed by atoms with van der Waals surface area (Å²) in [5.74, 6) is -0.139. The number of H-pyrrole nitrogens is 1. The van der Waals surface area contributed by atoms with Gasteiger partial charge in [-0.05, 0) is 37.0 Å². The van der Waals surface area contributed by atoms with Crippen molar-refractivity contribution in [3.8, 4) is 11.3 Å². The smallest absolute Gasteiger partial charge is 0.404 e. The summed E-state index contributed by atoms with van der Waals surface area (Å²) in [4.78, 5) is 22.4. The number of carboxylic acid groups (broad SMARTS) is 1. The number of carbonyl (C=O) groups is 1. The number of nitrogens with one attached hydrogen (secondary N) is 2. The summed E-state index contributed by atoms with van der Waals surface area (Å²) < 4.78 is 25.2. The Labute approximate surface area is 138 Å². The van der Waals surface area contributed by atoms with E-state index in [1.807, 2.05) is 12.1 Å². The number of hydrogen-bond donors (Lipinski definition) is 3. The Morgan fingerprint density at radius 2 is 2.04 bits per heavy atom. The van der Waals surface area contributed by atoms with E-state index in [0.29, 0.717) is 18.4 Å². The van der Waals surface area contributed by atoms with Crippen LogP contribution in [0, 0.1) is 0 Å². The van der Waals surface area contributed by atoms with E-state index in [1.165, 1.54) is 13.0 Å². The molecule has 2 aromatic rings. The monoisotopic (exact) mass is 351 g/mol. The van der Waals surface area contributed by atoms with Gasteiger partial charge >= 0.3 is 6.09 Å². The second-order valence-electron chi connectivity index (χ2n) is 5.71. The maximum Gasteiger partial charge on any atom is 0.404 e. The predicted molar refractivity (Wildman–Crippen MR) is 87.7 cm³/mol. The zero-order valence-electron chi connectivity index (χ0n) is 12.9. The number of hydrogen-bond acceptors (Lipinski definition) is 4. The lowest BCUT2D eigenvalue weighted by Crippen LogP contribution is -2.33. The van der Waals surface area contributed by atoms with Crippen LogP contribution in [0.5, 0.6) is 0 Å². The highest BCUT2D eigenvalue weighted by Crippen LogP contribution is 2.28. The first-order chi connectivity index (χ1) is 11.3. The summed E-state index contributed by atoms with van der Waals surface area (Å²) in [6, 6.07) is 6.45. The lowest BCUT2D eigenvalue weighted by atomic mass is 10.0. The standard InChI is InChI=1S/C15H17N3O5S/c1-2-24(22,23)18-13(8-14(19)17-18)10-4-3-9-6-12(16-15(20)21)7-11(9)5-10/h3-5,8,12,16H,2,6-7H2,1H3,(H,17,19)(H,20,21). The third-order valence-corrected chi connectivity index (χ3v) is 5.68. The summed E-state index contributed by atoms with van der Waals surface area (Å²) >= 11 is 0. The third kappa shape index (κ3) is 2.94. The van der Waals surface area contributed by atoms with E-state index in [2.05, 4.69) is 10.4 Å². The van der Waals surface area contributed by atoms with Crippen molar-refractivity contribution >= 4 is 16.1 Å². The maximum atomic E-state index is 12.1. The molecule has 0 fully saturated rings. The summed E-state index contributed by atoms with van der Waals surface area (Å²) in [5, 5.41) is 13.6. The van der Waals surface area contributed by atoms with Gasteiger partial charge in [-0.1, -0.05) is 12.1 Å². The molecule has 1 unspecified atom stereocenters. The van der Waals surface area contributed by atoms with Gasteiger partial charge < -0.3 is 10.4 Å². The van der Waals surface area contributed by atoms with Gasteiger partial charge in [0.2, 0.25) is 0 Å². The second kappa shape index (κ2) is 5.82. The molecule has 24 heavy (non-hydrogen) atoms. The van der Waals surface area contributed by atoms with E-state index in [1.54, 1.807) is 6.07 Å². The van der Waals surface area contributed by atoms with Gasteiger partial charge in [-0.2, -0.15) is 4.09 Å². The molecule has 0 radical (unpaired) electrons. The second-order valence-corrected chi connectivity index (χ2v) is 7.82. The highest BCUT2D eigenvalue weighted by molar-refractivity contribution is 7.89. The van der Waals surface area contributed by atoms with Crippen LogP contribution in [0.1, 0.15) is 18.1 Å². The van der Waals surface area contributed by atoms with E-state index in [0.717, 1.165) is 15.2 Å². The Kier molecular flexibility index (Phi) is 3.96. The molecule has 0 saturated heterocycles. The van der Waals surface area contributed by atoms with Gasteiger partial charge in [0.1, 0.15) is 0 Å². The van der Waals surface area contributed by atoms with Crippen molar-refractivity contribution in [2.24, 2.45) is 0 Å². The van der Waals surface area contributed by atoms with Crippen molar-refractivity contribution in [1.29, 1.82) is 0 Å². The Balaban J connectivity index is 2.00. The van der Waals surface area contributed by atoms with Crippen LogP contribution < -0.4 is 10.9 Å². The van der Waals surface area contributed by atoms with Crippen molar-refractivity contribution in [2.45, 2.75) is 25.8 Å². The van der Waals surface area contributed by atoms with Gasteiger partial charge in [-0.3, -0.25) is 4.79 Å². The SMILES string of the molecule is CCS(=O)(=O)n1[nH]c(=O)cc1-c1ccc2c(c1)CC(NC(=O)O)C2. The van der Waals surface area contributed by atoms with E-state index < -0.39 is 21.7 Å².